The van der Waals surface area contributed by atoms with Crippen molar-refractivity contribution in [1.29, 1.82) is 0 Å². The molecule has 3 N–H and O–H groups in total. The van der Waals surface area contributed by atoms with Crippen molar-refractivity contribution in [2.45, 2.75) is 36.1 Å². The van der Waals surface area contributed by atoms with Crippen molar-refractivity contribution < 1.29 is 13.2 Å². The van der Waals surface area contributed by atoms with E-state index < -0.39 is 10.0 Å². The summed E-state index contributed by atoms with van der Waals surface area (Å²) in [6.45, 7) is 3.90. The van der Waals surface area contributed by atoms with E-state index in [0.717, 1.165) is 10.5 Å². The number of nitrogens with one attached hydrogen (secondary N) is 1. The van der Waals surface area contributed by atoms with Crippen LogP contribution in [0.15, 0.2) is 58.3 Å². The molecule has 0 aliphatic rings. The Bertz CT molecular complexity index is 816. The van der Waals surface area contributed by atoms with Crippen molar-refractivity contribution in [3.63, 3.8) is 0 Å². The van der Waals surface area contributed by atoms with E-state index in [2.05, 4.69) is 17.4 Å². The molecule has 1 amide bonds. The number of nitrogens with two attached hydrogens (primary N) is 1. The van der Waals surface area contributed by atoms with E-state index in [1.807, 2.05) is 26.0 Å². The Labute approximate surface area is 153 Å². The molecule has 25 heavy (non-hydrogen) atoms. The van der Waals surface area contributed by atoms with Gasteiger partial charge in [0, 0.05) is 17.1 Å². The monoisotopic (exact) mass is 378 g/mol. The first-order chi connectivity index (χ1) is 11.8. The summed E-state index contributed by atoms with van der Waals surface area (Å²) in [5.74, 6) is 0.661. The van der Waals surface area contributed by atoms with Crippen LogP contribution in [-0.2, 0) is 14.8 Å². The van der Waals surface area contributed by atoms with Crippen LogP contribution in [-0.4, -0.2) is 20.1 Å². The Morgan fingerprint density at radius 2 is 1.72 bits per heavy atom. The van der Waals surface area contributed by atoms with Crippen LogP contribution < -0.4 is 10.5 Å². The number of sulfonamides is 1. The molecule has 5 nitrogen and oxygen atoms in total. The fourth-order valence-electron chi connectivity index (χ4n) is 2.24. The summed E-state index contributed by atoms with van der Waals surface area (Å²) in [5.41, 5.74) is 2.04. The molecular weight excluding hydrogens is 356 g/mol. The number of carbonyl (C=O) groups excluding carboxylic acids is 1. The zero-order chi connectivity index (χ0) is 18.4. The molecule has 2 rings (SSSR count). The van der Waals surface area contributed by atoms with E-state index in [1.54, 1.807) is 23.9 Å². The lowest BCUT2D eigenvalue weighted by atomic mass is 10.1. The Morgan fingerprint density at radius 1 is 1.12 bits per heavy atom. The molecule has 134 valence electrons. The number of primary sulfonamides is 1. The van der Waals surface area contributed by atoms with Crippen molar-refractivity contribution in [3.05, 3.63) is 59.7 Å². The predicted octanol–water partition coefficient (Wildman–Crippen LogP) is 3.00. The van der Waals surface area contributed by atoms with Gasteiger partial charge in [0.25, 0.3) is 0 Å². The molecular formula is C18H22N2O3S2. The van der Waals surface area contributed by atoms with Crippen LogP contribution in [0.25, 0.3) is 0 Å². The molecule has 0 heterocycles. The predicted molar refractivity (Wildman–Crippen MR) is 101 cm³/mol. The summed E-state index contributed by atoms with van der Waals surface area (Å²) in [6, 6.07) is 14.2. The molecule has 0 unspecified atom stereocenters. The van der Waals surface area contributed by atoms with Crippen LogP contribution in [0.4, 0.5) is 0 Å². The summed E-state index contributed by atoms with van der Waals surface area (Å²) < 4.78 is 22.5. The maximum atomic E-state index is 12.1. The van der Waals surface area contributed by atoms with Gasteiger partial charge in [0.1, 0.15) is 0 Å². The molecule has 0 fully saturated rings. The first-order valence-corrected chi connectivity index (χ1v) is 10.4. The minimum Gasteiger partial charge on any atom is -0.350 e. The molecule has 0 radical (unpaired) electrons. The van der Waals surface area contributed by atoms with Gasteiger partial charge in [-0.2, -0.15) is 0 Å². The average molecular weight is 379 g/mol. The number of hydrogen-bond acceptors (Lipinski definition) is 4. The van der Waals surface area contributed by atoms with E-state index in [4.69, 9.17) is 5.14 Å². The van der Waals surface area contributed by atoms with E-state index in [-0.39, 0.29) is 16.8 Å². The number of aryl methyl sites for hydroxylation is 1. The number of thioether (sulfide) groups is 1. The Morgan fingerprint density at radius 3 is 2.28 bits per heavy atom. The number of hydrogen-bond donors (Lipinski definition) is 2. The fourth-order valence-corrected chi connectivity index (χ4v) is 3.61. The van der Waals surface area contributed by atoms with Crippen molar-refractivity contribution >= 4 is 27.7 Å². The van der Waals surface area contributed by atoms with Gasteiger partial charge in [0.15, 0.2) is 0 Å². The highest BCUT2D eigenvalue weighted by Crippen LogP contribution is 2.20. The molecule has 0 aliphatic carbocycles. The minimum atomic E-state index is -3.70. The van der Waals surface area contributed by atoms with Crippen LogP contribution in [0, 0.1) is 6.92 Å². The third kappa shape index (κ3) is 6.19. The molecule has 2 aromatic rings. The fraction of sp³-hybridized carbons (Fsp3) is 0.278. The summed E-state index contributed by atoms with van der Waals surface area (Å²) in [4.78, 5) is 13.3. The molecule has 0 spiro atoms. The Balaban J connectivity index is 1.82. The molecule has 0 aliphatic heterocycles. The zero-order valence-corrected chi connectivity index (χ0v) is 15.9. The van der Waals surface area contributed by atoms with Crippen molar-refractivity contribution in [3.8, 4) is 0 Å². The summed E-state index contributed by atoms with van der Waals surface area (Å²) >= 11 is 1.64. The number of rotatable bonds is 7. The van der Waals surface area contributed by atoms with Crippen LogP contribution in [0.5, 0.6) is 0 Å². The average Bonchev–Trinajstić information content (AvgIpc) is 2.56. The molecule has 7 heteroatoms. The van der Waals surface area contributed by atoms with Gasteiger partial charge in [0.05, 0.1) is 10.9 Å². The molecule has 2 aromatic carbocycles. The number of benzene rings is 2. The quantitative estimate of drug-likeness (QED) is 0.725. The van der Waals surface area contributed by atoms with E-state index >= 15 is 0 Å². The second-order valence-electron chi connectivity index (χ2n) is 5.81. The van der Waals surface area contributed by atoms with E-state index in [0.29, 0.717) is 12.2 Å². The molecule has 0 aromatic heterocycles. The van der Waals surface area contributed by atoms with Gasteiger partial charge in [-0.25, -0.2) is 13.6 Å². The zero-order valence-electron chi connectivity index (χ0n) is 14.2. The molecule has 0 saturated heterocycles. The third-order valence-corrected chi connectivity index (χ3v) is 5.65. The molecule has 0 saturated carbocycles. The van der Waals surface area contributed by atoms with Gasteiger partial charge >= 0.3 is 0 Å². The molecule has 1 atom stereocenters. The van der Waals surface area contributed by atoms with Crippen LogP contribution in [0.1, 0.15) is 30.5 Å². The van der Waals surface area contributed by atoms with Crippen molar-refractivity contribution in [2.75, 3.05) is 5.75 Å². The standard InChI is InChI=1S/C18H22N2O3S2/c1-13-3-7-16(8-4-13)24-12-11-18(21)20-14(2)15-5-9-17(10-6-15)25(19,22)23/h3-10,14H,11-12H2,1-2H3,(H,20,21)(H2,19,22,23)/t14-/m1/s1. The smallest absolute Gasteiger partial charge is 0.238 e. The number of carbonyl (C=O) groups is 1. The largest absolute Gasteiger partial charge is 0.350 e. The highest BCUT2D eigenvalue weighted by molar-refractivity contribution is 7.99. The van der Waals surface area contributed by atoms with E-state index in [9.17, 15) is 13.2 Å². The number of amides is 1. The Hall–Kier alpha value is -1.83. The summed E-state index contributed by atoms with van der Waals surface area (Å²) in [5, 5.41) is 7.99. The topological polar surface area (TPSA) is 89.3 Å². The highest BCUT2D eigenvalue weighted by Gasteiger charge is 2.12. The highest BCUT2D eigenvalue weighted by atomic mass is 32.2. The van der Waals surface area contributed by atoms with Gasteiger partial charge in [-0.15, -0.1) is 11.8 Å². The third-order valence-electron chi connectivity index (χ3n) is 3.70. The van der Waals surface area contributed by atoms with Crippen molar-refractivity contribution in [2.24, 2.45) is 5.14 Å². The normalized spacial score (nSPS) is 12.6. The van der Waals surface area contributed by atoms with Crippen LogP contribution >= 0.6 is 11.8 Å². The SMILES string of the molecule is Cc1ccc(SCCC(=O)N[C@H](C)c2ccc(S(N)(=O)=O)cc2)cc1. The Kier molecular flexibility index (Phi) is 6.64. The van der Waals surface area contributed by atoms with Gasteiger partial charge in [-0.05, 0) is 43.7 Å². The maximum absolute atomic E-state index is 12.1. The van der Waals surface area contributed by atoms with Gasteiger partial charge in [-0.1, -0.05) is 29.8 Å². The van der Waals surface area contributed by atoms with Crippen molar-refractivity contribution in [1.82, 2.24) is 5.32 Å². The van der Waals surface area contributed by atoms with Gasteiger partial charge in [-0.3, -0.25) is 4.79 Å². The lowest BCUT2D eigenvalue weighted by molar-refractivity contribution is -0.121. The van der Waals surface area contributed by atoms with Gasteiger partial charge in [0.2, 0.25) is 15.9 Å². The summed E-state index contributed by atoms with van der Waals surface area (Å²) in [7, 11) is -3.70. The van der Waals surface area contributed by atoms with E-state index in [1.165, 1.54) is 17.7 Å². The van der Waals surface area contributed by atoms with Gasteiger partial charge < -0.3 is 5.32 Å². The first kappa shape index (κ1) is 19.5. The molecule has 0 bridgehead atoms. The second kappa shape index (κ2) is 8.51. The lowest BCUT2D eigenvalue weighted by Gasteiger charge is -2.14. The summed E-state index contributed by atoms with van der Waals surface area (Å²) in [6.07, 6.45) is 0.415. The lowest BCUT2D eigenvalue weighted by Crippen LogP contribution is -2.26. The van der Waals surface area contributed by atoms with Crippen LogP contribution in [0.3, 0.4) is 0 Å². The maximum Gasteiger partial charge on any atom is 0.238 e. The van der Waals surface area contributed by atoms with Crippen LogP contribution in [0.2, 0.25) is 0 Å². The minimum absolute atomic E-state index is 0.0392. The second-order valence-corrected chi connectivity index (χ2v) is 8.54. The first-order valence-electron chi connectivity index (χ1n) is 7.87.